The number of methoxy groups -OCH3 is 1. The van der Waals surface area contributed by atoms with Gasteiger partial charge in [-0.15, -0.1) is 0 Å². The molecule has 0 saturated carbocycles. The van der Waals surface area contributed by atoms with Crippen LogP contribution in [0, 0.1) is 5.92 Å². The van der Waals surface area contributed by atoms with Crippen LogP contribution >= 0.6 is 0 Å². The molecule has 0 radical (unpaired) electrons. The Morgan fingerprint density at radius 3 is 1.97 bits per heavy atom. The van der Waals surface area contributed by atoms with Gasteiger partial charge in [0.2, 0.25) is 5.91 Å². The summed E-state index contributed by atoms with van der Waals surface area (Å²) in [5, 5.41) is 2.68. The van der Waals surface area contributed by atoms with Crippen molar-refractivity contribution in [3.05, 3.63) is 71.3 Å². The molecule has 0 fully saturated rings. The Kier molecular flexibility index (Phi) is 6.30. The van der Waals surface area contributed by atoms with E-state index in [1.54, 1.807) is 38.1 Å². The van der Waals surface area contributed by atoms with Gasteiger partial charge < -0.3 is 10.1 Å². The number of ether oxygens (including phenoxy) is 1. The van der Waals surface area contributed by atoms with Gasteiger partial charge in [-0.3, -0.25) is 19.3 Å². The first-order valence-corrected chi connectivity index (χ1v) is 9.74. The van der Waals surface area contributed by atoms with Crippen LogP contribution in [-0.4, -0.2) is 47.8 Å². The zero-order valence-corrected chi connectivity index (χ0v) is 17.1. The van der Waals surface area contributed by atoms with Crippen LogP contribution in [0.4, 0.5) is 0 Å². The van der Waals surface area contributed by atoms with Gasteiger partial charge in [-0.1, -0.05) is 56.3 Å². The van der Waals surface area contributed by atoms with E-state index < -0.39 is 35.8 Å². The number of rotatable bonds is 7. The van der Waals surface area contributed by atoms with Crippen molar-refractivity contribution < 1.29 is 23.9 Å². The Hall–Kier alpha value is -3.48. The maximum Gasteiger partial charge on any atom is 0.328 e. The molecule has 2 aromatic rings. The van der Waals surface area contributed by atoms with E-state index >= 15 is 0 Å². The summed E-state index contributed by atoms with van der Waals surface area (Å²) in [5.41, 5.74) is 1.39. The molecule has 156 valence electrons. The van der Waals surface area contributed by atoms with Crippen LogP contribution in [0.3, 0.4) is 0 Å². The average Bonchev–Trinajstić information content (AvgIpc) is 2.99. The fraction of sp³-hybridized carbons (Fsp3) is 0.304. The molecule has 0 aromatic heterocycles. The molecule has 0 bridgehead atoms. The molecule has 0 aliphatic carbocycles. The minimum Gasteiger partial charge on any atom is -0.467 e. The number of nitrogens with one attached hydrogen (secondary N) is 1. The van der Waals surface area contributed by atoms with Gasteiger partial charge in [0.05, 0.1) is 18.2 Å². The number of hydrogen-bond donors (Lipinski definition) is 1. The highest BCUT2D eigenvalue weighted by Gasteiger charge is 2.44. The highest BCUT2D eigenvalue weighted by atomic mass is 16.5. The van der Waals surface area contributed by atoms with E-state index in [4.69, 9.17) is 4.74 Å². The fourth-order valence-electron chi connectivity index (χ4n) is 3.62. The number of esters is 1. The van der Waals surface area contributed by atoms with E-state index in [0.29, 0.717) is 0 Å². The van der Waals surface area contributed by atoms with E-state index in [1.165, 1.54) is 7.11 Å². The lowest BCUT2D eigenvalue weighted by atomic mass is 10.00. The van der Waals surface area contributed by atoms with Gasteiger partial charge in [0.15, 0.2) is 0 Å². The van der Waals surface area contributed by atoms with Crippen molar-refractivity contribution in [2.24, 2.45) is 5.92 Å². The summed E-state index contributed by atoms with van der Waals surface area (Å²) < 4.78 is 4.84. The van der Waals surface area contributed by atoms with Gasteiger partial charge >= 0.3 is 5.97 Å². The summed E-state index contributed by atoms with van der Waals surface area (Å²) in [6.45, 7) is 3.50. The summed E-state index contributed by atoms with van der Waals surface area (Å²) in [4.78, 5) is 52.2. The molecule has 3 rings (SSSR count). The van der Waals surface area contributed by atoms with Crippen molar-refractivity contribution in [3.63, 3.8) is 0 Å². The first kappa shape index (κ1) is 21.2. The number of fused-ring (bicyclic) bond motifs is 1. The van der Waals surface area contributed by atoms with Crippen LogP contribution < -0.4 is 5.32 Å². The lowest BCUT2D eigenvalue weighted by molar-refractivity contribution is -0.145. The average molecular weight is 408 g/mol. The monoisotopic (exact) mass is 408 g/mol. The quantitative estimate of drug-likeness (QED) is 0.560. The second kappa shape index (κ2) is 8.90. The highest BCUT2D eigenvalue weighted by Crippen LogP contribution is 2.27. The molecule has 2 aromatic carbocycles. The number of hydrogen-bond acceptors (Lipinski definition) is 5. The Balaban J connectivity index is 1.85. The van der Waals surface area contributed by atoms with Crippen LogP contribution in [0.5, 0.6) is 0 Å². The van der Waals surface area contributed by atoms with Crippen molar-refractivity contribution in [2.45, 2.75) is 32.4 Å². The van der Waals surface area contributed by atoms with E-state index in [-0.39, 0.29) is 23.5 Å². The number of imide groups is 1. The molecule has 1 heterocycles. The molecule has 7 heteroatoms. The predicted molar refractivity (Wildman–Crippen MR) is 110 cm³/mol. The Labute approximate surface area is 175 Å². The molecule has 3 amide bonds. The van der Waals surface area contributed by atoms with Gasteiger partial charge in [0.1, 0.15) is 12.1 Å². The Bertz CT molecular complexity index is 936. The van der Waals surface area contributed by atoms with Crippen molar-refractivity contribution >= 4 is 23.7 Å². The van der Waals surface area contributed by atoms with Crippen LogP contribution in [0.25, 0.3) is 0 Å². The third-order valence-electron chi connectivity index (χ3n) is 5.09. The van der Waals surface area contributed by atoms with Crippen molar-refractivity contribution in [2.75, 3.05) is 7.11 Å². The summed E-state index contributed by atoms with van der Waals surface area (Å²) in [6, 6.07) is 13.7. The molecule has 0 saturated heterocycles. The molecule has 1 N–H and O–H groups in total. The van der Waals surface area contributed by atoms with Crippen LogP contribution in [0.1, 0.15) is 40.1 Å². The maximum atomic E-state index is 13.2. The molecule has 2 unspecified atom stereocenters. The molecule has 1 aliphatic heterocycles. The minimum atomic E-state index is -1.06. The van der Waals surface area contributed by atoms with Crippen molar-refractivity contribution in [1.29, 1.82) is 0 Å². The molecule has 0 spiro atoms. The van der Waals surface area contributed by atoms with Gasteiger partial charge in [0, 0.05) is 6.42 Å². The van der Waals surface area contributed by atoms with E-state index in [9.17, 15) is 19.2 Å². The molecular formula is C23H24N2O5. The van der Waals surface area contributed by atoms with Gasteiger partial charge in [-0.25, -0.2) is 4.79 Å². The van der Waals surface area contributed by atoms with E-state index in [1.807, 2.05) is 30.3 Å². The number of carbonyl (C=O) groups excluding carboxylic acids is 4. The SMILES string of the molecule is COC(=O)C(Cc1ccccc1)NC(=O)C(C(C)C)N1C(=O)c2ccccc2C1=O. The zero-order valence-electron chi connectivity index (χ0n) is 17.1. The highest BCUT2D eigenvalue weighted by molar-refractivity contribution is 6.22. The Morgan fingerprint density at radius 2 is 1.47 bits per heavy atom. The fourth-order valence-corrected chi connectivity index (χ4v) is 3.62. The summed E-state index contributed by atoms with van der Waals surface area (Å²) >= 11 is 0. The predicted octanol–water partition coefficient (Wildman–Crippen LogP) is 2.21. The van der Waals surface area contributed by atoms with E-state index in [2.05, 4.69) is 5.32 Å². The Morgan fingerprint density at radius 1 is 0.933 bits per heavy atom. The minimum absolute atomic E-state index is 0.228. The van der Waals surface area contributed by atoms with Crippen LogP contribution in [-0.2, 0) is 20.7 Å². The molecule has 7 nitrogen and oxygen atoms in total. The van der Waals surface area contributed by atoms with Crippen molar-refractivity contribution in [3.8, 4) is 0 Å². The first-order chi connectivity index (χ1) is 14.3. The summed E-state index contributed by atoms with van der Waals surface area (Å²) in [5.74, 6) is -2.56. The van der Waals surface area contributed by atoms with E-state index in [0.717, 1.165) is 10.5 Å². The number of carbonyl (C=O) groups is 4. The molecule has 1 aliphatic rings. The smallest absolute Gasteiger partial charge is 0.328 e. The van der Waals surface area contributed by atoms with Crippen LogP contribution in [0.2, 0.25) is 0 Å². The third kappa shape index (κ3) is 4.10. The second-order valence-electron chi connectivity index (χ2n) is 7.49. The molecule has 30 heavy (non-hydrogen) atoms. The maximum absolute atomic E-state index is 13.2. The van der Waals surface area contributed by atoms with Crippen LogP contribution in [0.15, 0.2) is 54.6 Å². The van der Waals surface area contributed by atoms with Gasteiger partial charge in [0.25, 0.3) is 11.8 Å². The second-order valence-corrected chi connectivity index (χ2v) is 7.49. The summed E-state index contributed by atoms with van der Waals surface area (Å²) in [7, 11) is 1.25. The first-order valence-electron chi connectivity index (χ1n) is 9.74. The zero-order chi connectivity index (χ0) is 21.8. The van der Waals surface area contributed by atoms with Gasteiger partial charge in [-0.2, -0.15) is 0 Å². The summed E-state index contributed by atoms with van der Waals surface area (Å²) in [6.07, 6.45) is 0.228. The number of benzene rings is 2. The number of amides is 3. The third-order valence-corrected chi connectivity index (χ3v) is 5.09. The standard InChI is InChI=1S/C23H24N2O5/c1-14(2)19(25-21(27)16-11-7-8-12-17(16)22(25)28)20(26)24-18(23(29)30-3)13-15-9-5-4-6-10-15/h4-12,14,18-19H,13H2,1-3H3,(H,24,26). The number of nitrogens with zero attached hydrogens (tertiary/aromatic N) is 1. The normalized spacial score (nSPS) is 15.0. The molecular weight excluding hydrogens is 384 g/mol. The molecule has 2 atom stereocenters. The van der Waals surface area contributed by atoms with Crippen molar-refractivity contribution in [1.82, 2.24) is 10.2 Å². The lowest BCUT2D eigenvalue weighted by Crippen LogP contribution is -2.56. The largest absolute Gasteiger partial charge is 0.467 e. The van der Waals surface area contributed by atoms with Gasteiger partial charge in [-0.05, 0) is 23.6 Å². The topological polar surface area (TPSA) is 92.8 Å². The lowest BCUT2D eigenvalue weighted by Gasteiger charge is -2.29.